The van der Waals surface area contributed by atoms with Crippen molar-refractivity contribution in [3.05, 3.63) is 59.9 Å². The molecule has 168 valence electrons. The van der Waals surface area contributed by atoms with Crippen LogP contribution in [0.3, 0.4) is 0 Å². The van der Waals surface area contributed by atoms with Gasteiger partial charge in [0.25, 0.3) is 5.91 Å². The lowest BCUT2D eigenvalue weighted by Gasteiger charge is -2.31. The predicted molar refractivity (Wildman–Crippen MR) is 117 cm³/mol. The van der Waals surface area contributed by atoms with Gasteiger partial charge >= 0.3 is 0 Å². The summed E-state index contributed by atoms with van der Waals surface area (Å²) >= 11 is 0. The van der Waals surface area contributed by atoms with Gasteiger partial charge in [0.2, 0.25) is 5.91 Å². The Morgan fingerprint density at radius 2 is 1.74 bits per heavy atom. The molecule has 0 saturated carbocycles. The Bertz CT molecular complexity index is 857. The standard InChI is InChI=1S/C24H31FN2O4/c1-5-17(3)26-24(29)21(6-2)27(15-18-11-13-19(30-4)14-12-18)23(28)16-31-22-10-8-7-9-20(22)25/h7-14,17,21H,5-6,15-16H2,1-4H3,(H,26,29)/t17-,21-/m1/s1. The van der Waals surface area contributed by atoms with Gasteiger partial charge in [-0.1, -0.05) is 38.1 Å². The summed E-state index contributed by atoms with van der Waals surface area (Å²) in [5, 5.41) is 2.95. The highest BCUT2D eigenvalue weighted by Crippen LogP contribution is 2.18. The number of hydrogen-bond donors (Lipinski definition) is 1. The van der Waals surface area contributed by atoms with Crippen LogP contribution in [0.2, 0.25) is 0 Å². The van der Waals surface area contributed by atoms with Crippen molar-refractivity contribution in [2.75, 3.05) is 13.7 Å². The molecule has 0 unspecified atom stereocenters. The largest absolute Gasteiger partial charge is 0.497 e. The number of nitrogens with zero attached hydrogens (tertiary/aromatic N) is 1. The highest BCUT2D eigenvalue weighted by molar-refractivity contribution is 5.88. The Labute approximate surface area is 183 Å². The van der Waals surface area contributed by atoms with Gasteiger partial charge in [0.15, 0.2) is 18.2 Å². The SMILES string of the molecule is CC[C@@H](C)NC(=O)[C@@H](CC)N(Cc1ccc(OC)cc1)C(=O)COc1ccccc1F. The lowest BCUT2D eigenvalue weighted by atomic mass is 10.1. The zero-order valence-corrected chi connectivity index (χ0v) is 18.6. The van der Waals surface area contributed by atoms with Crippen LogP contribution in [0.4, 0.5) is 4.39 Å². The summed E-state index contributed by atoms with van der Waals surface area (Å²) in [7, 11) is 1.58. The Morgan fingerprint density at radius 3 is 2.32 bits per heavy atom. The quantitative estimate of drug-likeness (QED) is 0.586. The lowest BCUT2D eigenvalue weighted by Crippen LogP contribution is -2.51. The summed E-state index contributed by atoms with van der Waals surface area (Å²) in [6, 6.07) is 12.5. The summed E-state index contributed by atoms with van der Waals surface area (Å²) in [6.45, 7) is 5.60. The molecular weight excluding hydrogens is 399 g/mol. The van der Waals surface area contributed by atoms with Gasteiger partial charge in [-0.3, -0.25) is 9.59 Å². The number of carbonyl (C=O) groups is 2. The normalized spacial score (nSPS) is 12.5. The minimum absolute atomic E-state index is 0.00245. The second-order valence-electron chi connectivity index (χ2n) is 7.33. The molecule has 0 aliphatic rings. The molecule has 2 aromatic rings. The van der Waals surface area contributed by atoms with Crippen molar-refractivity contribution in [2.24, 2.45) is 0 Å². The third-order valence-corrected chi connectivity index (χ3v) is 5.09. The van der Waals surface area contributed by atoms with E-state index in [9.17, 15) is 14.0 Å². The van der Waals surface area contributed by atoms with E-state index in [1.807, 2.05) is 32.9 Å². The number of hydrogen-bond acceptors (Lipinski definition) is 4. The molecule has 2 rings (SSSR count). The van der Waals surface area contributed by atoms with Gasteiger partial charge in [0.05, 0.1) is 7.11 Å². The average molecular weight is 431 g/mol. The number of carbonyl (C=O) groups excluding carboxylic acids is 2. The third kappa shape index (κ3) is 6.98. The first-order valence-corrected chi connectivity index (χ1v) is 10.5. The molecule has 0 saturated heterocycles. The topological polar surface area (TPSA) is 67.9 Å². The molecule has 0 aliphatic heterocycles. The van der Waals surface area contributed by atoms with Crippen molar-refractivity contribution in [1.29, 1.82) is 0 Å². The molecule has 7 heteroatoms. The van der Waals surface area contributed by atoms with Crippen LogP contribution < -0.4 is 14.8 Å². The summed E-state index contributed by atoms with van der Waals surface area (Å²) in [6.07, 6.45) is 1.22. The number of rotatable bonds is 11. The summed E-state index contributed by atoms with van der Waals surface area (Å²) in [5.74, 6) is -0.461. The van der Waals surface area contributed by atoms with E-state index in [0.29, 0.717) is 12.2 Å². The van der Waals surface area contributed by atoms with Gasteiger partial charge in [0, 0.05) is 12.6 Å². The number of nitrogens with one attached hydrogen (secondary N) is 1. The smallest absolute Gasteiger partial charge is 0.261 e. The van der Waals surface area contributed by atoms with Crippen molar-refractivity contribution >= 4 is 11.8 Å². The zero-order valence-electron chi connectivity index (χ0n) is 18.6. The molecule has 0 fully saturated rings. The number of benzene rings is 2. The summed E-state index contributed by atoms with van der Waals surface area (Å²) < 4.78 is 24.5. The van der Waals surface area contributed by atoms with Crippen LogP contribution in [-0.4, -0.2) is 42.5 Å². The lowest BCUT2D eigenvalue weighted by molar-refractivity contribution is -0.143. The number of ether oxygens (including phenoxy) is 2. The van der Waals surface area contributed by atoms with Crippen molar-refractivity contribution in [1.82, 2.24) is 10.2 Å². The molecule has 1 N–H and O–H groups in total. The van der Waals surface area contributed by atoms with Gasteiger partial charge in [-0.25, -0.2) is 4.39 Å². The van der Waals surface area contributed by atoms with Crippen LogP contribution in [0, 0.1) is 5.82 Å². The van der Waals surface area contributed by atoms with Gasteiger partial charge in [0.1, 0.15) is 11.8 Å². The van der Waals surface area contributed by atoms with Crippen LogP contribution >= 0.6 is 0 Å². The average Bonchev–Trinajstić information content (AvgIpc) is 2.78. The molecule has 31 heavy (non-hydrogen) atoms. The Morgan fingerprint density at radius 1 is 1.06 bits per heavy atom. The van der Waals surface area contributed by atoms with E-state index >= 15 is 0 Å². The molecule has 0 bridgehead atoms. The van der Waals surface area contributed by atoms with E-state index in [1.54, 1.807) is 31.4 Å². The summed E-state index contributed by atoms with van der Waals surface area (Å²) in [4.78, 5) is 27.5. The van der Waals surface area contributed by atoms with Crippen LogP contribution in [0.25, 0.3) is 0 Å². The molecule has 2 amide bonds. The van der Waals surface area contributed by atoms with Crippen molar-refractivity contribution < 1.29 is 23.5 Å². The van der Waals surface area contributed by atoms with E-state index in [-0.39, 0.29) is 30.9 Å². The second kappa shape index (κ2) is 11.9. The van der Waals surface area contributed by atoms with Crippen LogP contribution in [-0.2, 0) is 16.1 Å². The van der Waals surface area contributed by atoms with Crippen LogP contribution in [0.15, 0.2) is 48.5 Å². The van der Waals surface area contributed by atoms with Crippen molar-refractivity contribution in [2.45, 2.75) is 52.2 Å². The Balaban J connectivity index is 2.22. The number of methoxy groups -OCH3 is 1. The van der Waals surface area contributed by atoms with Crippen molar-refractivity contribution in [3.63, 3.8) is 0 Å². The fraction of sp³-hybridized carbons (Fsp3) is 0.417. The Kier molecular flexibility index (Phi) is 9.31. The molecular formula is C24H31FN2O4. The number of para-hydroxylation sites is 1. The second-order valence-corrected chi connectivity index (χ2v) is 7.33. The molecule has 2 aromatic carbocycles. The molecule has 0 radical (unpaired) electrons. The maximum atomic E-state index is 13.9. The summed E-state index contributed by atoms with van der Waals surface area (Å²) in [5.41, 5.74) is 0.842. The maximum Gasteiger partial charge on any atom is 0.261 e. The maximum absolute atomic E-state index is 13.9. The van der Waals surface area contributed by atoms with E-state index in [1.165, 1.54) is 17.0 Å². The molecule has 0 spiro atoms. The van der Waals surface area contributed by atoms with Gasteiger partial charge in [-0.15, -0.1) is 0 Å². The highest BCUT2D eigenvalue weighted by Gasteiger charge is 2.29. The van der Waals surface area contributed by atoms with Gasteiger partial charge < -0.3 is 19.7 Å². The number of amides is 2. The fourth-order valence-electron chi connectivity index (χ4n) is 3.07. The van der Waals surface area contributed by atoms with E-state index in [2.05, 4.69) is 5.32 Å². The Hall–Kier alpha value is -3.09. The zero-order chi connectivity index (χ0) is 22.8. The first kappa shape index (κ1) is 24.2. The fourth-order valence-corrected chi connectivity index (χ4v) is 3.07. The number of halogens is 1. The molecule has 6 nitrogen and oxygen atoms in total. The molecule has 0 heterocycles. The van der Waals surface area contributed by atoms with E-state index in [4.69, 9.17) is 9.47 Å². The minimum Gasteiger partial charge on any atom is -0.497 e. The molecule has 0 aliphatic carbocycles. The van der Waals surface area contributed by atoms with Crippen LogP contribution in [0.1, 0.15) is 39.2 Å². The molecule has 2 atom stereocenters. The van der Waals surface area contributed by atoms with Gasteiger partial charge in [-0.05, 0) is 49.6 Å². The predicted octanol–water partition coefficient (Wildman–Crippen LogP) is 3.94. The van der Waals surface area contributed by atoms with Crippen molar-refractivity contribution in [3.8, 4) is 11.5 Å². The first-order chi connectivity index (χ1) is 14.9. The third-order valence-electron chi connectivity index (χ3n) is 5.09. The minimum atomic E-state index is -0.673. The molecule has 0 aromatic heterocycles. The van der Waals surface area contributed by atoms with E-state index in [0.717, 1.165) is 12.0 Å². The first-order valence-electron chi connectivity index (χ1n) is 10.5. The van der Waals surface area contributed by atoms with Crippen LogP contribution in [0.5, 0.6) is 11.5 Å². The van der Waals surface area contributed by atoms with E-state index < -0.39 is 17.8 Å². The van der Waals surface area contributed by atoms with Gasteiger partial charge in [-0.2, -0.15) is 0 Å². The monoisotopic (exact) mass is 430 g/mol. The highest BCUT2D eigenvalue weighted by atomic mass is 19.1.